The van der Waals surface area contributed by atoms with Crippen LogP contribution in [0.5, 0.6) is 0 Å². The van der Waals surface area contributed by atoms with Crippen LogP contribution in [0.25, 0.3) is 17.0 Å². The molecule has 6 nitrogen and oxygen atoms in total. The van der Waals surface area contributed by atoms with Crippen molar-refractivity contribution in [2.45, 2.75) is 26.3 Å². The molecule has 6 heteroatoms. The van der Waals surface area contributed by atoms with E-state index in [1.165, 1.54) is 5.56 Å². The Kier molecular flexibility index (Phi) is 5.48. The van der Waals surface area contributed by atoms with E-state index < -0.39 is 0 Å². The molecule has 0 spiro atoms. The minimum atomic E-state index is -0.381. The number of carbonyl (C=O) groups is 1. The molecule has 0 saturated heterocycles. The van der Waals surface area contributed by atoms with Crippen molar-refractivity contribution in [2.24, 2.45) is 0 Å². The van der Waals surface area contributed by atoms with E-state index in [0.717, 1.165) is 28.8 Å². The number of nitrogens with zero attached hydrogens (tertiary/aromatic N) is 3. The molecule has 2 aromatic carbocycles. The summed E-state index contributed by atoms with van der Waals surface area (Å²) in [5.74, 6) is 0.906. The van der Waals surface area contributed by atoms with Crippen molar-refractivity contribution in [3.63, 3.8) is 0 Å². The molecule has 1 atom stereocenters. The Labute approximate surface area is 175 Å². The maximum absolute atomic E-state index is 12.8. The lowest BCUT2D eigenvalue weighted by molar-refractivity contribution is 0.209. The Morgan fingerprint density at radius 3 is 2.57 bits per heavy atom. The first-order valence-electron chi connectivity index (χ1n) is 10.0. The summed E-state index contributed by atoms with van der Waals surface area (Å²) in [6.45, 7) is 8.17. The number of hydrogen-bond acceptors (Lipinski definition) is 4. The molecule has 2 heterocycles. The fraction of sp³-hybridized carbons (Fsp3) is 0.208. The van der Waals surface area contributed by atoms with Crippen molar-refractivity contribution in [1.82, 2.24) is 20.4 Å². The number of amides is 2. The van der Waals surface area contributed by atoms with Crippen LogP contribution in [0.1, 0.15) is 36.9 Å². The molecule has 3 aromatic rings. The Balaban J connectivity index is 1.81. The predicted octanol–water partition coefficient (Wildman–Crippen LogP) is 4.98. The number of hydrogen-bond donors (Lipinski definition) is 1. The molecule has 0 aliphatic carbocycles. The average molecular weight is 400 g/mol. The maximum Gasteiger partial charge on any atom is 0.322 e. The quantitative estimate of drug-likeness (QED) is 0.592. The largest absolute Gasteiger partial charge is 0.334 e. The van der Waals surface area contributed by atoms with E-state index in [2.05, 4.69) is 41.1 Å². The summed E-state index contributed by atoms with van der Waals surface area (Å²) in [4.78, 5) is 19.0. The Hall–Kier alpha value is -3.67. The molecular weight excluding hydrogens is 376 g/mol. The Morgan fingerprint density at radius 2 is 1.90 bits per heavy atom. The number of benzene rings is 2. The summed E-state index contributed by atoms with van der Waals surface area (Å²) in [5.41, 5.74) is 4.63. The highest BCUT2D eigenvalue weighted by molar-refractivity contribution is 5.87. The van der Waals surface area contributed by atoms with Crippen LogP contribution in [-0.4, -0.2) is 27.6 Å². The number of aromatic nitrogens is 2. The number of allylic oxidation sites excluding steroid dienone is 1. The van der Waals surface area contributed by atoms with Crippen molar-refractivity contribution in [2.75, 3.05) is 6.54 Å². The fourth-order valence-corrected chi connectivity index (χ4v) is 3.64. The Bertz CT molecular complexity index is 1080. The van der Waals surface area contributed by atoms with Gasteiger partial charge in [-0.3, -0.25) is 4.90 Å². The van der Waals surface area contributed by atoms with E-state index in [1.54, 1.807) is 11.0 Å². The summed E-state index contributed by atoms with van der Waals surface area (Å²) in [6.07, 6.45) is 2.65. The van der Waals surface area contributed by atoms with Gasteiger partial charge in [0.1, 0.15) is 0 Å². The second-order valence-corrected chi connectivity index (χ2v) is 7.17. The van der Waals surface area contributed by atoms with Crippen LogP contribution in [0.4, 0.5) is 4.79 Å². The van der Waals surface area contributed by atoms with Gasteiger partial charge in [0.15, 0.2) is 0 Å². The second kappa shape index (κ2) is 8.37. The predicted molar refractivity (Wildman–Crippen MR) is 116 cm³/mol. The summed E-state index contributed by atoms with van der Waals surface area (Å²) < 4.78 is 5.66. The first kappa shape index (κ1) is 19.6. The summed E-state index contributed by atoms with van der Waals surface area (Å²) >= 11 is 0. The molecule has 1 N–H and O–H groups in total. The van der Waals surface area contributed by atoms with Crippen molar-refractivity contribution in [3.05, 3.63) is 90.0 Å². The third kappa shape index (κ3) is 3.64. The van der Waals surface area contributed by atoms with Crippen molar-refractivity contribution < 1.29 is 9.32 Å². The van der Waals surface area contributed by atoms with Crippen molar-refractivity contribution in [3.8, 4) is 11.4 Å². The first-order valence-corrected chi connectivity index (χ1v) is 10.0. The van der Waals surface area contributed by atoms with E-state index in [9.17, 15) is 4.79 Å². The Morgan fingerprint density at radius 1 is 1.17 bits per heavy atom. The third-order valence-electron chi connectivity index (χ3n) is 5.32. The van der Waals surface area contributed by atoms with Gasteiger partial charge in [0.2, 0.25) is 5.82 Å². The van der Waals surface area contributed by atoms with Crippen LogP contribution in [0, 0.1) is 0 Å². The minimum absolute atomic E-state index is 0.177. The van der Waals surface area contributed by atoms with Gasteiger partial charge in [-0.15, -0.1) is 6.58 Å². The minimum Gasteiger partial charge on any atom is -0.334 e. The van der Waals surface area contributed by atoms with Crippen LogP contribution in [0.2, 0.25) is 0 Å². The van der Waals surface area contributed by atoms with Gasteiger partial charge in [-0.05, 0) is 24.5 Å². The lowest BCUT2D eigenvalue weighted by Gasteiger charge is -2.34. The van der Waals surface area contributed by atoms with E-state index in [-0.39, 0.29) is 12.1 Å². The monoisotopic (exact) mass is 400 g/mol. The van der Waals surface area contributed by atoms with Gasteiger partial charge in [0, 0.05) is 17.8 Å². The zero-order valence-corrected chi connectivity index (χ0v) is 17.1. The second-order valence-electron chi connectivity index (χ2n) is 7.17. The van der Waals surface area contributed by atoms with E-state index in [4.69, 9.17) is 4.52 Å². The lowest BCUT2D eigenvalue weighted by atomic mass is 9.93. The topological polar surface area (TPSA) is 71.3 Å². The standard InChI is InChI=1S/C24H24N4O2/c1-4-15-28-16(3)20(23-26-22(27-30-23)19-9-7-6-8-10-19)21(25-24(28)29)18-13-11-17(5-2)12-14-18/h4,6-14,21H,1,5,15H2,2-3H3,(H,25,29). The van der Waals surface area contributed by atoms with Gasteiger partial charge in [-0.1, -0.05) is 72.8 Å². The van der Waals surface area contributed by atoms with E-state index in [0.29, 0.717) is 18.3 Å². The molecule has 4 rings (SSSR count). The van der Waals surface area contributed by atoms with Gasteiger partial charge in [-0.2, -0.15) is 4.98 Å². The van der Waals surface area contributed by atoms with Crippen molar-refractivity contribution in [1.29, 1.82) is 0 Å². The summed E-state index contributed by atoms with van der Waals surface area (Å²) in [6, 6.07) is 17.3. The van der Waals surface area contributed by atoms with Crippen LogP contribution < -0.4 is 5.32 Å². The van der Waals surface area contributed by atoms with Crippen LogP contribution in [0.15, 0.2) is 77.5 Å². The number of urea groups is 1. The fourth-order valence-electron chi connectivity index (χ4n) is 3.64. The zero-order valence-electron chi connectivity index (χ0n) is 17.1. The maximum atomic E-state index is 12.8. The molecule has 0 fully saturated rings. The average Bonchev–Trinajstić information content (AvgIpc) is 3.26. The third-order valence-corrected chi connectivity index (χ3v) is 5.32. The molecule has 1 aliphatic heterocycles. The number of carbonyl (C=O) groups excluding carboxylic acids is 1. The normalized spacial score (nSPS) is 16.5. The molecule has 152 valence electrons. The van der Waals surface area contributed by atoms with Crippen LogP contribution in [0.3, 0.4) is 0 Å². The van der Waals surface area contributed by atoms with Gasteiger partial charge in [0.25, 0.3) is 5.89 Å². The van der Waals surface area contributed by atoms with E-state index >= 15 is 0 Å². The first-order chi connectivity index (χ1) is 14.6. The molecule has 2 amide bonds. The van der Waals surface area contributed by atoms with Crippen molar-refractivity contribution >= 4 is 11.6 Å². The van der Waals surface area contributed by atoms with Gasteiger partial charge in [0.05, 0.1) is 11.6 Å². The summed E-state index contributed by atoms with van der Waals surface area (Å²) in [5, 5.41) is 7.26. The number of rotatable bonds is 6. The molecular formula is C24H24N4O2. The molecule has 1 aliphatic rings. The highest BCUT2D eigenvalue weighted by Crippen LogP contribution is 2.37. The highest BCUT2D eigenvalue weighted by atomic mass is 16.5. The van der Waals surface area contributed by atoms with Crippen LogP contribution in [-0.2, 0) is 6.42 Å². The van der Waals surface area contributed by atoms with Gasteiger partial charge >= 0.3 is 6.03 Å². The molecule has 0 saturated carbocycles. The number of nitrogens with one attached hydrogen (secondary N) is 1. The molecule has 30 heavy (non-hydrogen) atoms. The van der Waals surface area contributed by atoms with Crippen LogP contribution >= 0.6 is 0 Å². The van der Waals surface area contributed by atoms with Gasteiger partial charge < -0.3 is 9.84 Å². The lowest BCUT2D eigenvalue weighted by Crippen LogP contribution is -2.46. The number of aryl methyl sites for hydroxylation is 1. The SMILES string of the molecule is C=CCN1C(=O)NC(c2ccc(CC)cc2)C(c2nc(-c3ccccc3)no2)=C1C. The van der Waals surface area contributed by atoms with Gasteiger partial charge in [-0.25, -0.2) is 4.79 Å². The smallest absolute Gasteiger partial charge is 0.322 e. The molecule has 1 unspecified atom stereocenters. The molecule has 1 aromatic heterocycles. The van der Waals surface area contributed by atoms with E-state index in [1.807, 2.05) is 49.4 Å². The summed E-state index contributed by atoms with van der Waals surface area (Å²) in [7, 11) is 0. The molecule has 0 radical (unpaired) electrons. The highest BCUT2D eigenvalue weighted by Gasteiger charge is 2.35. The zero-order chi connectivity index (χ0) is 21.1. The molecule has 0 bridgehead atoms.